The second-order valence-corrected chi connectivity index (χ2v) is 12.5. The van der Waals surface area contributed by atoms with Gasteiger partial charge in [-0.2, -0.15) is 8.42 Å². The van der Waals surface area contributed by atoms with Gasteiger partial charge < -0.3 is 19.5 Å². The van der Waals surface area contributed by atoms with E-state index < -0.39 is 34.0 Å². The smallest absolute Gasteiger partial charge is 0.422 e. The first-order valence-electron chi connectivity index (χ1n) is 13.8. The Morgan fingerprint density at radius 1 is 0.884 bits per heavy atom. The van der Waals surface area contributed by atoms with Gasteiger partial charge in [0.2, 0.25) is 0 Å². The summed E-state index contributed by atoms with van der Waals surface area (Å²) in [7, 11) is -4.59. The molecule has 0 spiro atoms. The molecule has 1 aromatic heterocycles. The van der Waals surface area contributed by atoms with E-state index in [4.69, 9.17) is 14.2 Å². The predicted molar refractivity (Wildman–Crippen MR) is 159 cm³/mol. The first kappa shape index (κ1) is 31.4. The number of amides is 2. The molecule has 0 fully saturated rings. The maximum absolute atomic E-state index is 13.4. The number of nitrogens with one attached hydrogen (secondary N) is 2. The van der Waals surface area contributed by atoms with E-state index in [0.717, 1.165) is 0 Å². The molecule has 2 N–H and O–H groups in total. The van der Waals surface area contributed by atoms with E-state index in [0.29, 0.717) is 45.5 Å². The fraction of sp³-hybridized carbons (Fsp3) is 0.323. The Morgan fingerprint density at radius 3 is 2.05 bits per heavy atom. The Bertz CT molecular complexity index is 1580. The zero-order valence-corrected chi connectivity index (χ0v) is 25.1. The van der Waals surface area contributed by atoms with Gasteiger partial charge in [0.25, 0.3) is 0 Å². The van der Waals surface area contributed by atoms with Crippen LogP contribution in [0.15, 0.2) is 79.0 Å². The minimum atomic E-state index is -4.59. The van der Waals surface area contributed by atoms with Crippen molar-refractivity contribution < 1.29 is 37.0 Å². The Hall–Kier alpha value is -4.58. The van der Waals surface area contributed by atoms with Crippen molar-refractivity contribution in [1.82, 2.24) is 14.0 Å². The van der Waals surface area contributed by atoms with Crippen molar-refractivity contribution in [2.45, 2.75) is 64.9 Å². The molecule has 1 heterocycles. The van der Waals surface area contributed by atoms with Crippen LogP contribution in [0.1, 0.15) is 67.2 Å². The lowest BCUT2D eigenvalue weighted by Crippen LogP contribution is -2.39. The molecule has 1 aliphatic carbocycles. The van der Waals surface area contributed by atoms with E-state index in [1.54, 1.807) is 75.4 Å². The van der Waals surface area contributed by atoms with Crippen LogP contribution in [0.25, 0.3) is 5.57 Å². The molecule has 0 saturated carbocycles. The second kappa shape index (κ2) is 13.6. The lowest BCUT2D eigenvalue weighted by molar-refractivity contribution is 0.0462. The van der Waals surface area contributed by atoms with Gasteiger partial charge in [-0.3, -0.25) is 0 Å². The molecule has 2 amide bonds. The maximum Gasteiger partial charge on any atom is 0.422 e. The average molecular weight is 610 g/mol. The summed E-state index contributed by atoms with van der Waals surface area (Å²) in [5, 5.41) is 2.84. The molecule has 228 valence electrons. The van der Waals surface area contributed by atoms with Crippen molar-refractivity contribution in [3.05, 3.63) is 101 Å². The normalized spacial score (nSPS) is 15.1. The molecule has 1 aliphatic rings. The number of ether oxygens (including phenoxy) is 3. The highest BCUT2D eigenvalue weighted by molar-refractivity contribution is 7.88. The highest BCUT2D eigenvalue weighted by Crippen LogP contribution is 2.31. The van der Waals surface area contributed by atoms with Crippen LogP contribution >= 0.6 is 0 Å². The van der Waals surface area contributed by atoms with Crippen LogP contribution in [0.2, 0.25) is 0 Å². The van der Waals surface area contributed by atoms with Gasteiger partial charge in [-0.15, -0.1) is 0 Å². The van der Waals surface area contributed by atoms with E-state index in [-0.39, 0.29) is 24.9 Å². The molecule has 1 unspecified atom stereocenters. The summed E-state index contributed by atoms with van der Waals surface area (Å²) < 4.78 is 45.1. The van der Waals surface area contributed by atoms with Crippen LogP contribution in [0.4, 0.5) is 9.59 Å². The fourth-order valence-electron chi connectivity index (χ4n) is 4.46. The summed E-state index contributed by atoms with van der Waals surface area (Å²) in [6, 6.07) is 19.0. The molecule has 3 aromatic rings. The third-order valence-corrected chi connectivity index (χ3v) is 7.67. The SMILES string of the molecule is CC(C)(C)OC(=O)NC1CC=C(c2ccn(S(=O)(=O)NC(=O)OCc3ccccc3)c2C(=O)OCc2ccccc2)CC1. The van der Waals surface area contributed by atoms with Gasteiger partial charge in [0, 0.05) is 17.8 Å². The third-order valence-electron chi connectivity index (χ3n) is 6.42. The summed E-state index contributed by atoms with van der Waals surface area (Å²) in [6.07, 6.45) is 2.72. The van der Waals surface area contributed by atoms with Gasteiger partial charge in [-0.05, 0) is 62.8 Å². The Kier molecular flexibility index (Phi) is 9.92. The van der Waals surface area contributed by atoms with E-state index in [2.05, 4.69) is 5.32 Å². The van der Waals surface area contributed by atoms with Gasteiger partial charge in [-0.25, -0.2) is 23.1 Å². The lowest BCUT2D eigenvalue weighted by atomic mass is 9.90. The van der Waals surface area contributed by atoms with Crippen molar-refractivity contribution in [3.8, 4) is 0 Å². The van der Waals surface area contributed by atoms with Crippen LogP contribution in [-0.2, 0) is 37.6 Å². The Labute approximate surface area is 251 Å². The van der Waals surface area contributed by atoms with Gasteiger partial charge in [0.05, 0.1) is 0 Å². The monoisotopic (exact) mass is 609 g/mol. The number of benzene rings is 2. The molecule has 0 aliphatic heterocycles. The van der Waals surface area contributed by atoms with E-state index in [9.17, 15) is 22.8 Å². The van der Waals surface area contributed by atoms with Crippen molar-refractivity contribution >= 4 is 33.9 Å². The van der Waals surface area contributed by atoms with Crippen LogP contribution in [0, 0.1) is 0 Å². The van der Waals surface area contributed by atoms with E-state index >= 15 is 0 Å². The molecule has 0 saturated heterocycles. The van der Waals surface area contributed by atoms with Gasteiger partial charge in [-0.1, -0.05) is 66.7 Å². The van der Waals surface area contributed by atoms with Crippen molar-refractivity contribution in [1.29, 1.82) is 0 Å². The molecule has 4 rings (SSSR count). The highest BCUT2D eigenvalue weighted by atomic mass is 32.2. The van der Waals surface area contributed by atoms with E-state index in [1.807, 2.05) is 16.9 Å². The number of carbonyl (C=O) groups excluding carboxylic acids is 3. The Morgan fingerprint density at radius 2 is 1.49 bits per heavy atom. The Balaban J connectivity index is 1.54. The largest absolute Gasteiger partial charge is 0.456 e. The molecule has 12 heteroatoms. The topological polar surface area (TPSA) is 142 Å². The number of aromatic nitrogens is 1. The summed E-state index contributed by atoms with van der Waals surface area (Å²) in [4.78, 5) is 38.0. The zero-order chi connectivity index (χ0) is 31.0. The summed E-state index contributed by atoms with van der Waals surface area (Å²) in [5.74, 6) is -0.887. The highest BCUT2D eigenvalue weighted by Gasteiger charge is 2.30. The quantitative estimate of drug-likeness (QED) is 0.245. The van der Waals surface area contributed by atoms with Crippen molar-refractivity contribution in [2.75, 3.05) is 0 Å². The van der Waals surface area contributed by atoms with Crippen LogP contribution in [0.3, 0.4) is 0 Å². The number of rotatable bonds is 9. The summed E-state index contributed by atoms with van der Waals surface area (Å²) in [5.41, 5.74) is 1.54. The first-order chi connectivity index (χ1) is 20.4. The lowest BCUT2D eigenvalue weighted by Gasteiger charge is -2.26. The molecular formula is C31H35N3O8S. The number of carbonyl (C=O) groups is 3. The van der Waals surface area contributed by atoms with Gasteiger partial charge in [0.15, 0.2) is 5.69 Å². The van der Waals surface area contributed by atoms with Gasteiger partial charge >= 0.3 is 28.4 Å². The standard InChI is InChI=1S/C31H35N3O8S/c1-31(2,3)42-29(36)32-25-16-14-24(15-17-25)26-18-19-34(27(26)28(35)40-20-22-10-6-4-7-11-22)43(38,39)33-30(37)41-21-23-12-8-5-9-13-23/h4-14,18-19,25H,15-17,20-21H2,1-3H3,(H,32,36)(H,33,37). The predicted octanol–water partition coefficient (Wildman–Crippen LogP) is 5.33. The van der Waals surface area contributed by atoms with Crippen LogP contribution in [0.5, 0.6) is 0 Å². The number of allylic oxidation sites excluding steroid dienone is 1. The van der Waals surface area contributed by atoms with Crippen LogP contribution < -0.4 is 10.0 Å². The third kappa shape index (κ3) is 8.95. The van der Waals surface area contributed by atoms with E-state index in [1.165, 1.54) is 12.3 Å². The molecule has 2 aromatic carbocycles. The summed E-state index contributed by atoms with van der Waals surface area (Å²) in [6.45, 7) is 5.11. The number of alkyl carbamates (subject to hydrolysis) is 1. The molecule has 43 heavy (non-hydrogen) atoms. The maximum atomic E-state index is 13.4. The van der Waals surface area contributed by atoms with Gasteiger partial charge in [0.1, 0.15) is 18.8 Å². The van der Waals surface area contributed by atoms with Crippen LogP contribution in [-0.4, -0.2) is 42.2 Å². The molecular weight excluding hydrogens is 574 g/mol. The molecule has 1 atom stereocenters. The number of nitrogens with zero attached hydrogens (tertiary/aromatic N) is 1. The fourth-order valence-corrected chi connectivity index (χ4v) is 5.46. The second-order valence-electron chi connectivity index (χ2n) is 11.0. The zero-order valence-electron chi connectivity index (χ0n) is 24.2. The van der Waals surface area contributed by atoms with Crippen molar-refractivity contribution in [2.24, 2.45) is 0 Å². The van der Waals surface area contributed by atoms with Crippen molar-refractivity contribution in [3.63, 3.8) is 0 Å². The first-order valence-corrected chi connectivity index (χ1v) is 15.2. The molecule has 11 nitrogen and oxygen atoms in total. The number of hydrogen-bond acceptors (Lipinski definition) is 8. The minimum Gasteiger partial charge on any atom is -0.456 e. The molecule has 0 bridgehead atoms. The minimum absolute atomic E-state index is 0.0855. The number of esters is 1. The number of hydrogen-bond donors (Lipinski definition) is 2. The average Bonchev–Trinajstić information content (AvgIpc) is 3.42. The summed E-state index contributed by atoms with van der Waals surface area (Å²) >= 11 is 0. The molecule has 0 radical (unpaired) electrons.